The van der Waals surface area contributed by atoms with E-state index in [-0.39, 0.29) is 5.91 Å². The van der Waals surface area contributed by atoms with Gasteiger partial charge in [0.25, 0.3) is 0 Å². The van der Waals surface area contributed by atoms with Gasteiger partial charge in [0.15, 0.2) is 0 Å². The average Bonchev–Trinajstić information content (AvgIpc) is 2.21. The summed E-state index contributed by atoms with van der Waals surface area (Å²) in [6.45, 7) is 7.10. The minimum Gasteiger partial charge on any atom is -0.354 e. The third-order valence-electron chi connectivity index (χ3n) is 3.09. The normalized spacial score (nSPS) is 24.9. The number of amides is 1. The van der Waals surface area contributed by atoms with Crippen molar-refractivity contribution in [1.82, 2.24) is 15.5 Å². The van der Waals surface area contributed by atoms with Crippen LogP contribution in [-0.4, -0.2) is 49.6 Å². The zero-order valence-electron chi connectivity index (χ0n) is 10.0. The number of rotatable bonds is 4. The van der Waals surface area contributed by atoms with Crippen molar-refractivity contribution in [3.8, 4) is 0 Å². The van der Waals surface area contributed by atoms with Crippen LogP contribution < -0.4 is 10.6 Å². The molecule has 1 amide bonds. The number of piperazine rings is 1. The Bertz CT molecular complexity index is 208. The first-order valence-electron chi connectivity index (χ1n) is 5.83. The van der Waals surface area contributed by atoms with Gasteiger partial charge < -0.3 is 15.5 Å². The number of likely N-dealkylation sites (N-methyl/N-ethyl adjacent to an activating group) is 1. The first kappa shape index (κ1) is 12.5. The maximum atomic E-state index is 11.7. The van der Waals surface area contributed by atoms with Crippen LogP contribution >= 0.6 is 0 Å². The Labute approximate surface area is 92.4 Å². The van der Waals surface area contributed by atoms with Crippen molar-refractivity contribution in [2.24, 2.45) is 0 Å². The summed E-state index contributed by atoms with van der Waals surface area (Å²) in [4.78, 5) is 13.9. The van der Waals surface area contributed by atoms with E-state index in [1.807, 2.05) is 6.92 Å². The first-order chi connectivity index (χ1) is 7.13. The number of hydrogen-bond donors (Lipinski definition) is 2. The second-order valence-corrected chi connectivity index (χ2v) is 4.42. The molecule has 0 radical (unpaired) electrons. The molecule has 1 aliphatic heterocycles. The first-order valence-corrected chi connectivity index (χ1v) is 5.83. The molecule has 15 heavy (non-hydrogen) atoms. The topological polar surface area (TPSA) is 44.4 Å². The second kappa shape index (κ2) is 6.08. The van der Waals surface area contributed by atoms with Crippen LogP contribution in [0.15, 0.2) is 0 Å². The molecular formula is C11H23N3O. The highest BCUT2D eigenvalue weighted by Gasteiger charge is 2.21. The molecule has 4 heteroatoms. The molecule has 0 aromatic rings. The summed E-state index contributed by atoms with van der Waals surface area (Å²) in [7, 11) is 2.09. The third-order valence-corrected chi connectivity index (χ3v) is 3.09. The van der Waals surface area contributed by atoms with E-state index in [0.29, 0.717) is 18.5 Å². The quantitative estimate of drug-likeness (QED) is 0.701. The fourth-order valence-electron chi connectivity index (χ4n) is 1.74. The average molecular weight is 213 g/mol. The maximum absolute atomic E-state index is 11.7. The molecule has 2 atom stereocenters. The van der Waals surface area contributed by atoms with E-state index in [1.165, 1.54) is 0 Å². The van der Waals surface area contributed by atoms with E-state index in [0.717, 1.165) is 26.1 Å². The lowest BCUT2D eigenvalue weighted by atomic mass is 10.1. The van der Waals surface area contributed by atoms with Crippen molar-refractivity contribution in [3.05, 3.63) is 0 Å². The molecule has 88 valence electrons. The van der Waals surface area contributed by atoms with Crippen LogP contribution in [0.3, 0.4) is 0 Å². The SMILES string of the molecule is CCC(C)NC(=O)CC1CNCCN1C. The van der Waals surface area contributed by atoms with Crippen molar-refractivity contribution < 1.29 is 4.79 Å². The van der Waals surface area contributed by atoms with Gasteiger partial charge in [-0.15, -0.1) is 0 Å². The Balaban J connectivity index is 2.29. The number of nitrogens with one attached hydrogen (secondary N) is 2. The Kier molecular flexibility index (Phi) is 5.05. The molecule has 0 bridgehead atoms. The lowest BCUT2D eigenvalue weighted by Crippen LogP contribution is -2.51. The molecule has 2 unspecified atom stereocenters. The van der Waals surface area contributed by atoms with Gasteiger partial charge in [-0.1, -0.05) is 6.92 Å². The van der Waals surface area contributed by atoms with E-state index in [2.05, 4.69) is 29.5 Å². The molecular weight excluding hydrogens is 190 g/mol. The molecule has 2 N–H and O–H groups in total. The standard InChI is InChI=1S/C11H23N3O/c1-4-9(2)13-11(15)7-10-8-12-5-6-14(10)3/h9-10,12H,4-8H2,1-3H3,(H,13,15). The maximum Gasteiger partial charge on any atom is 0.221 e. The molecule has 0 saturated carbocycles. The van der Waals surface area contributed by atoms with Crippen molar-refractivity contribution >= 4 is 5.91 Å². The summed E-state index contributed by atoms with van der Waals surface area (Å²) in [6.07, 6.45) is 1.60. The van der Waals surface area contributed by atoms with Gasteiger partial charge in [0.2, 0.25) is 5.91 Å². The molecule has 1 saturated heterocycles. The molecule has 1 rings (SSSR count). The number of nitrogens with zero attached hydrogens (tertiary/aromatic N) is 1. The fraction of sp³-hybridized carbons (Fsp3) is 0.909. The number of hydrogen-bond acceptors (Lipinski definition) is 3. The zero-order chi connectivity index (χ0) is 11.3. The van der Waals surface area contributed by atoms with Gasteiger partial charge in [-0.05, 0) is 20.4 Å². The molecule has 1 heterocycles. The van der Waals surface area contributed by atoms with E-state index in [9.17, 15) is 4.79 Å². The van der Waals surface area contributed by atoms with Crippen LogP contribution in [0.25, 0.3) is 0 Å². The summed E-state index contributed by atoms with van der Waals surface area (Å²) in [5.41, 5.74) is 0. The van der Waals surface area contributed by atoms with Gasteiger partial charge in [-0.2, -0.15) is 0 Å². The molecule has 1 fully saturated rings. The number of carbonyl (C=O) groups is 1. The monoisotopic (exact) mass is 213 g/mol. The van der Waals surface area contributed by atoms with Crippen LogP contribution in [-0.2, 0) is 4.79 Å². The van der Waals surface area contributed by atoms with E-state index in [4.69, 9.17) is 0 Å². The largest absolute Gasteiger partial charge is 0.354 e. The second-order valence-electron chi connectivity index (χ2n) is 4.42. The van der Waals surface area contributed by atoms with Crippen molar-refractivity contribution in [2.45, 2.75) is 38.8 Å². The summed E-state index contributed by atoms with van der Waals surface area (Å²) < 4.78 is 0. The van der Waals surface area contributed by atoms with Crippen LogP contribution in [0.4, 0.5) is 0 Å². The Hall–Kier alpha value is -0.610. The van der Waals surface area contributed by atoms with Gasteiger partial charge in [-0.25, -0.2) is 0 Å². The van der Waals surface area contributed by atoms with Gasteiger partial charge in [0, 0.05) is 38.1 Å². The summed E-state index contributed by atoms with van der Waals surface area (Å²) in [5.74, 6) is 0.171. The smallest absolute Gasteiger partial charge is 0.221 e. The van der Waals surface area contributed by atoms with Crippen LogP contribution in [0.5, 0.6) is 0 Å². The molecule has 0 aromatic heterocycles. The van der Waals surface area contributed by atoms with Gasteiger partial charge in [-0.3, -0.25) is 4.79 Å². The minimum absolute atomic E-state index is 0.171. The van der Waals surface area contributed by atoms with Gasteiger partial charge in [0.1, 0.15) is 0 Å². The van der Waals surface area contributed by atoms with E-state index >= 15 is 0 Å². The summed E-state index contributed by atoms with van der Waals surface area (Å²) in [5, 5.41) is 6.32. The molecule has 0 spiro atoms. The number of carbonyl (C=O) groups excluding carboxylic acids is 1. The molecule has 0 aromatic carbocycles. The molecule has 0 aliphatic carbocycles. The molecule has 1 aliphatic rings. The van der Waals surface area contributed by atoms with Gasteiger partial charge >= 0.3 is 0 Å². The summed E-state index contributed by atoms with van der Waals surface area (Å²) >= 11 is 0. The summed E-state index contributed by atoms with van der Waals surface area (Å²) in [6, 6.07) is 0.641. The van der Waals surface area contributed by atoms with Crippen LogP contribution in [0.2, 0.25) is 0 Å². The van der Waals surface area contributed by atoms with E-state index < -0.39 is 0 Å². The highest BCUT2D eigenvalue weighted by atomic mass is 16.1. The Morgan fingerprint density at radius 2 is 2.40 bits per heavy atom. The van der Waals surface area contributed by atoms with Crippen molar-refractivity contribution in [1.29, 1.82) is 0 Å². The molecule has 4 nitrogen and oxygen atoms in total. The lowest BCUT2D eigenvalue weighted by Gasteiger charge is -2.32. The van der Waals surface area contributed by atoms with Crippen LogP contribution in [0.1, 0.15) is 26.7 Å². The highest BCUT2D eigenvalue weighted by Crippen LogP contribution is 2.04. The highest BCUT2D eigenvalue weighted by molar-refractivity contribution is 5.76. The minimum atomic E-state index is 0.171. The predicted molar refractivity (Wildman–Crippen MR) is 61.8 cm³/mol. The predicted octanol–water partition coefficient (Wildman–Crippen LogP) is 0.195. The van der Waals surface area contributed by atoms with Crippen LogP contribution in [0, 0.1) is 0 Å². The Morgan fingerprint density at radius 1 is 1.67 bits per heavy atom. The van der Waals surface area contributed by atoms with Crippen molar-refractivity contribution in [3.63, 3.8) is 0 Å². The van der Waals surface area contributed by atoms with E-state index in [1.54, 1.807) is 0 Å². The third kappa shape index (κ3) is 4.18. The fourth-order valence-corrected chi connectivity index (χ4v) is 1.74. The Morgan fingerprint density at radius 3 is 3.00 bits per heavy atom. The lowest BCUT2D eigenvalue weighted by molar-refractivity contribution is -0.123. The van der Waals surface area contributed by atoms with Gasteiger partial charge in [0.05, 0.1) is 0 Å². The zero-order valence-corrected chi connectivity index (χ0v) is 10.0. The van der Waals surface area contributed by atoms with Crippen molar-refractivity contribution in [2.75, 3.05) is 26.7 Å².